The van der Waals surface area contributed by atoms with Crippen molar-refractivity contribution >= 4 is 28.9 Å². The first-order valence-electron chi connectivity index (χ1n) is 5.60. The Balaban J connectivity index is 2.31. The molecule has 3 N–H and O–H groups in total. The number of nitrogen functional groups attached to an aromatic ring is 1. The van der Waals surface area contributed by atoms with E-state index in [-0.39, 0.29) is 5.56 Å². The Morgan fingerprint density at radius 2 is 2.05 bits per heavy atom. The minimum absolute atomic E-state index is 0.219. The molecule has 0 aliphatic carbocycles. The molecule has 0 fully saturated rings. The van der Waals surface area contributed by atoms with Gasteiger partial charge in [-0.2, -0.15) is 0 Å². The fourth-order valence-corrected chi connectivity index (χ4v) is 1.95. The third-order valence-corrected chi connectivity index (χ3v) is 2.90. The molecule has 0 aliphatic rings. The highest BCUT2D eigenvalue weighted by Crippen LogP contribution is 2.28. The molecule has 5 heteroatoms. The van der Waals surface area contributed by atoms with Crippen LogP contribution in [0, 0.1) is 12.7 Å². The highest BCUT2D eigenvalue weighted by atomic mass is 35.5. The van der Waals surface area contributed by atoms with Gasteiger partial charge in [-0.05, 0) is 42.8 Å². The lowest BCUT2D eigenvalue weighted by Crippen LogP contribution is -2.14. The summed E-state index contributed by atoms with van der Waals surface area (Å²) in [6, 6.07) is 9.02. The highest BCUT2D eigenvalue weighted by molar-refractivity contribution is 6.34. The molecule has 0 unspecified atom stereocenters. The van der Waals surface area contributed by atoms with E-state index in [4.69, 9.17) is 17.3 Å². The van der Waals surface area contributed by atoms with E-state index in [1.54, 1.807) is 31.2 Å². The lowest BCUT2D eigenvalue weighted by atomic mass is 10.1. The van der Waals surface area contributed by atoms with E-state index in [2.05, 4.69) is 5.32 Å². The monoisotopic (exact) mass is 278 g/mol. The molecule has 0 aromatic heterocycles. The maximum absolute atomic E-state index is 13.3. The van der Waals surface area contributed by atoms with E-state index in [0.717, 1.165) is 6.07 Å². The van der Waals surface area contributed by atoms with Crippen LogP contribution in [0.1, 0.15) is 15.9 Å². The summed E-state index contributed by atoms with van der Waals surface area (Å²) in [5.41, 5.74) is 7.30. The fourth-order valence-electron chi connectivity index (χ4n) is 1.73. The molecule has 0 bridgehead atoms. The van der Waals surface area contributed by atoms with Gasteiger partial charge in [0, 0.05) is 5.56 Å². The van der Waals surface area contributed by atoms with Gasteiger partial charge >= 0.3 is 0 Å². The van der Waals surface area contributed by atoms with Crippen LogP contribution in [0.15, 0.2) is 36.4 Å². The number of rotatable bonds is 2. The van der Waals surface area contributed by atoms with Crippen molar-refractivity contribution in [1.82, 2.24) is 0 Å². The molecule has 0 aliphatic heterocycles. The highest BCUT2D eigenvalue weighted by Gasteiger charge is 2.12. The molecule has 3 nitrogen and oxygen atoms in total. The van der Waals surface area contributed by atoms with Crippen LogP contribution in [0.25, 0.3) is 0 Å². The summed E-state index contributed by atoms with van der Waals surface area (Å²) in [7, 11) is 0. The summed E-state index contributed by atoms with van der Waals surface area (Å²) in [5.74, 6) is -0.917. The van der Waals surface area contributed by atoms with Crippen LogP contribution < -0.4 is 11.1 Å². The lowest BCUT2D eigenvalue weighted by molar-refractivity contribution is 0.102. The molecule has 0 heterocycles. The van der Waals surface area contributed by atoms with Crippen molar-refractivity contribution in [1.29, 1.82) is 0 Å². The van der Waals surface area contributed by atoms with Crippen molar-refractivity contribution in [2.45, 2.75) is 6.92 Å². The summed E-state index contributed by atoms with van der Waals surface area (Å²) < 4.78 is 13.3. The van der Waals surface area contributed by atoms with E-state index in [1.807, 2.05) is 0 Å². The molecule has 0 spiro atoms. The maximum Gasteiger partial charge on any atom is 0.255 e. The third kappa shape index (κ3) is 3.03. The Morgan fingerprint density at radius 3 is 2.68 bits per heavy atom. The molecule has 0 saturated heterocycles. The Hall–Kier alpha value is -2.07. The number of hydrogen-bond donors (Lipinski definition) is 2. The number of nitrogens with two attached hydrogens (primary N) is 1. The topological polar surface area (TPSA) is 55.1 Å². The number of halogens is 2. The van der Waals surface area contributed by atoms with Crippen molar-refractivity contribution in [3.05, 3.63) is 58.4 Å². The first-order valence-corrected chi connectivity index (χ1v) is 5.97. The molecule has 2 aromatic carbocycles. The van der Waals surface area contributed by atoms with Gasteiger partial charge in [-0.15, -0.1) is 0 Å². The van der Waals surface area contributed by atoms with Crippen molar-refractivity contribution < 1.29 is 9.18 Å². The molecule has 0 saturated carbocycles. The van der Waals surface area contributed by atoms with E-state index >= 15 is 0 Å². The summed E-state index contributed by atoms with van der Waals surface area (Å²) in [6.45, 7) is 1.71. The van der Waals surface area contributed by atoms with Gasteiger partial charge in [-0.3, -0.25) is 4.79 Å². The Labute approximate surface area is 115 Å². The zero-order valence-electron chi connectivity index (χ0n) is 10.2. The van der Waals surface area contributed by atoms with Crippen LogP contribution in [-0.4, -0.2) is 5.91 Å². The predicted octanol–water partition coefficient (Wildman–Crippen LogP) is 3.62. The maximum atomic E-state index is 13.3. The van der Waals surface area contributed by atoms with Crippen LogP contribution >= 0.6 is 11.6 Å². The first kappa shape index (κ1) is 13.4. The number of carbonyl (C=O) groups is 1. The average molecular weight is 279 g/mol. The predicted molar refractivity (Wildman–Crippen MR) is 75.0 cm³/mol. The van der Waals surface area contributed by atoms with E-state index in [9.17, 15) is 9.18 Å². The van der Waals surface area contributed by atoms with Crippen molar-refractivity contribution in [3.8, 4) is 0 Å². The standard InChI is InChI=1S/C14H12ClFN2O/c1-8-5-9(7-10(16)6-8)14(19)18-13-11(15)3-2-4-12(13)17/h2-7H,17H2,1H3,(H,18,19). The second kappa shape index (κ2) is 5.28. The average Bonchev–Trinajstić information content (AvgIpc) is 2.32. The Morgan fingerprint density at radius 1 is 1.32 bits per heavy atom. The largest absolute Gasteiger partial charge is 0.397 e. The Bertz CT molecular complexity index is 603. The van der Waals surface area contributed by atoms with Gasteiger partial charge in [0.1, 0.15) is 5.82 Å². The second-order valence-electron chi connectivity index (χ2n) is 4.18. The number of hydrogen-bond acceptors (Lipinski definition) is 2. The second-order valence-corrected chi connectivity index (χ2v) is 4.58. The van der Waals surface area contributed by atoms with Gasteiger partial charge in [0.25, 0.3) is 5.91 Å². The summed E-state index contributed by atoms with van der Waals surface area (Å²) >= 11 is 5.95. The van der Waals surface area contributed by atoms with Crippen LogP contribution in [0.3, 0.4) is 0 Å². The zero-order valence-corrected chi connectivity index (χ0v) is 11.0. The zero-order chi connectivity index (χ0) is 14.0. The molecule has 0 atom stereocenters. The molecule has 0 radical (unpaired) electrons. The van der Waals surface area contributed by atoms with Crippen molar-refractivity contribution in [2.75, 3.05) is 11.1 Å². The quantitative estimate of drug-likeness (QED) is 0.824. The molecule has 2 aromatic rings. The van der Waals surface area contributed by atoms with Crippen LogP contribution in [-0.2, 0) is 0 Å². The number of aryl methyl sites for hydroxylation is 1. The van der Waals surface area contributed by atoms with Gasteiger partial charge in [0.05, 0.1) is 16.4 Å². The van der Waals surface area contributed by atoms with Crippen molar-refractivity contribution in [2.24, 2.45) is 0 Å². The van der Waals surface area contributed by atoms with E-state index in [1.165, 1.54) is 6.07 Å². The lowest BCUT2D eigenvalue weighted by Gasteiger charge is -2.10. The van der Waals surface area contributed by atoms with Gasteiger partial charge in [0.2, 0.25) is 0 Å². The van der Waals surface area contributed by atoms with Gasteiger partial charge in [-0.1, -0.05) is 17.7 Å². The number of amides is 1. The number of para-hydroxylation sites is 1. The van der Waals surface area contributed by atoms with Gasteiger partial charge in [0.15, 0.2) is 0 Å². The molecular weight excluding hydrogens is 267 g/mol. The number of anilines is 2. The Kier molecular flexibility index (Phi) is 3.71. The minimum Gasteiger partial charge on any atom is -0.397 e. The summed E-state index contributed by atoms with van der Waals surface area (Å²) in [6.07, 6.45) is 0. The summed E-state index contributed by atoms with van der Waals surface area (Å²) in [4.78, 5) is 12.0. The van der Waals surface area contributed by atoms with E-state index in [0.29, 0.717) is 22.0 Å². The SMILES string of the molecule is Cc1cc(F)cc(C(=O)Nc2c(N)cccc2Cl)c1. The van der Waals surface area contributed by atoms with E-state index < -0.39 is 11.7 Å². The summed E-state index contributed by atoms with van der Waals surface area (Å²) in [5, 5.41) is 2.92. The third-order valence-electron chi connectivity index (χ3n) is 2.59. The molecule has 2 rings (SSSR count). The number of benzene rings is 2. The number of carbonyl (C=O) groups excluding carboxylic acids is 1. The normalized spacial score (nSPS) is 10.3. The first-order chi connectivity index (χ1) is 8.97. The van der Waals surface area contributed by atoms with Crippen LogP contribution in [0.4, 0.5) is 15.8 Å². The number of nitrogens with one attached hydrogen (secondary N) is 1. The molecular formula is C14H12ClFN2O. The molecule has 98 valence electrons. The smallest absolute Gasteiger partial charge is 0.255 e. The van der Waals surface area contributed by atoms with Crippen molar-refractivity contribution in [3.63, 3.8) is 0 Å². The fraction of sp³-hybridized carbons (Fsp3) is 0.0714. The molecule has 1 amide bonds. The minimum atomic E-state index is -0.461. The van der Waals surface area contributed by atoms with Gasteiger partial charge in [-0.25, -0.2) is 4.39 Å². The van der Waals surface area contributed by atoms with Crippen LogP contribution in [0.2, 0.25) is 5.02 Å². The van der Waals surface area contributed by atoms with Crippen LogP contribution in [0.5, 0.6) is 0 Å². The molecule has 19 heavy (non-hydrogen) atoms. The van der Waals surface area contributed by atoms with Gasteiger partial charge < -0.3 is 11.1 Å².